The largest absolute Gasteiger partial charge is 0.382 e. The van der Waals surface area contributed by atoms with Crippen molar-refractivity contribution in [2.45, 2.75) is 19.3 Å². The molecule has 0 bridgehead atoms. The molecular weight excluding hydrogens is 184 g/mol. The van der Waals surface area contributed by atoms with Crippen LogP contribution in [0.3, 0.4) is 0 Å². The average molecular weight is 202 g/mol. The van der Waals surface area contributed by atoms with E-state index >= 15 is 0 Å². The van der Waals surface area contributed by atoms with E-state index in [0.717, 1.165) is 19.0 Å². The van der Waals surface area contributed by atoms with Crippen LogP contribution < -0.4 is 10.2 Å². The fourth-order valence-electron chi connectivity index (χ4n) is 2.52. The maximum atomic E-state index is 3.46. The zero-order chi connectivity index (χ0) is 10.1. The lowest BCUT2D eigenvalue weighted by Gasteiger charge is -2.37. The van der Waals surface area contributed by atoms with Crippen molar-refractivity contribution in [3.05, 3.63) is 24.3 Å². The summed E-state index contributed by atoms with van der Waals surface area (Å²) in [5.74, 6) is 0.955. The van der Waals surface area contributed by atoms with Crippen LogP contribution in [0.25, 0.3) is 0 Å². The summed E-state index contributed by atoms with van der Waals surface area (Å²) >= 11 is 0. The van der Waals surface area contributed by atoms with Crippen LogP contribution in [0.2, 0.25) is 0 Å². The second kappa shape index (κ2) is 3.76. The Morgan fingerprint density at radius 3 is 2.93 bits per heavy atom. The number of nitrogens with one attached hydrogen (secondary N) is 1. The van der Waals surface area contributed by atoms with Gasteiger partial charge in [-0.2, -0.15) is 0 Å². The summed E-state index contributed by atoms with van der Waals surface area (Å²) in [6.07, 6.45) is 4.32. The number of hydrogen-bond donors (Lipinski definition) is 1. The highest BCUT2D eigenvalue weighted by Crippen LogP contribution is 2.33. The summed E-state index contributed by atoms with van der Waals surface area (Å²) < 4.78 is 0. The Labute approximate surface area is 91.3 Å². The third kappa shape index (κ3) is 1.69. The van der Waals surface area contributed by atoms with E-state index in [9.17, 15) is 0 Å². The van der Waals surface area contributed by atoms with Crippen LogP contribution in [0, 0.1) is 5.92 Å². The van der Waals surface area contributed by atoms with Crippen LogP contribution in [-0.2, 0) is 0 Å². The van der Waals surface area contributed by atoms with Crippen LogP contribution in [0.4, 0.5) is 11.4 Å². The maximum Gasteiger partial charge on any atom is 0.0602 e. The van der Waals surface area contributed by atoms with Gasteiger partial charge in [-0.3, -0.25) is 0 Å². The Kier molecular flexibility index (Phi) is 2.28. The van der Waals surface area contributed by atoms with E-state index in [1.807, 2.05) is 0 Å². The zero-order valence-corrected chi connectivity index (χ0v) is 9.08. The highest BCUT2D eigenvalue weighted by molar-refractivity contribution is 5.71. The van der Waals surface area contributed by atoms with Crippen LogP contribution in [0.1, 0.15) is 19.3 Å². The molecule has 2 heteroatoms. The molecular formula is C13H18N2. The number of hydrogen-bond acceptors (Lipinski definition) is 2. The number of anilines is 2. The van der Waals surface area contributed by atoms with E-state index in [1.165, 1.54) is 37.2 Å². The normalized spacial score (nSPS) is 20.4. The third-order valence-electron chi connectivity index (χ3n) is 3.65. The molecule has 2 nitrogen and oxygen atoms in total. The molecule has 1 saturated carbocycles. The van der Waals surface area contributed by atoms with E-state index in [0.29, 0.717) is 0 Å². The van der Waals surface area contributed by atoms with Gasteiger partial charge in [0.25, 0.3) is 0 Å². The number of para-hydroxylation sites is 2. The number of fused-ring (bicyclic) bond motifs is 1. The monoisotopic (exact) mass is 202 g/mol. The van der Waals surface area contributed by atoms with Gasteiger partial charge in [0.1, 0.15) is 0 Å². The summed E-state index contributed by atoms with van der Waals surface area (Å²) in [6, 6.07) is 8.67. The minimum Gasteiger partial charge on any atom is -0.382 e. The van der Waals surface area contributed by atoms with Crippen molar-refractivity contribution >= 4 is 11.4 Å². The first kappa shape index (κ1) is 9.08. The molecule has 0 saturated heterocycles. The second-order valence-electron chi connectivity index (χ2n) is 4.69. The van der Waals surface area contributed by atoms with Crippen molar-refractivity contribution in [3.8, 4) is 0 Å². The molecule has 0 unspecified atom stereocenters. The van der Waals surface area contributed by atoms with Crippen molar-refractivity contribution in [1.29, 1.82) is 0 Å². The van der Waals surface area contributed by atoms with Gasteiger partial charge < -0.3 is 10.2 Å². The van der Waals surface area contributed by atoms with Crippen molar-refractivity contribution in [2.75, 3.05) is 29.9 Å². The van der Waals surface area contributed by atoms with Gasteiger partial charge in [-0.1, -0.05) is 18.6 Å². The topological polar surface area (TPSA) is 15.3 Å². The fraction of sp³-hybridized carbons (Fsp3) is 0.538. The molecule has 1 aromatic rings. The minimum absolute atomic E-state index is 0.955. The highest BCUT2D eigenvalue weighted by atomic mass is 15.2. The van der Waals surface area contributed by atoms with Crippen LogP contribution in [-0.4, -0.2) is 19.6 Å². The van der Waals surface area contributed by atoms with Crippen molar-refractivity contribution in [3.63, 3.8) is 0 Å². The third-order valence-corrected chi connectivity index (χ3v) is 3.65. The van der Waals surface area contributed by atoms with Crippen LogP contribution in [0.5, 0.6) is 0 Å². The molecule has 3 rings (SSSR count). The Hall–Kier alpha value is -1.18. The standard InChI is InChI=1S/C13H18N2/c1-2-7-13-12(6-1)14-8-9-15(13)10-11-4-3-5-11/h1-2,6-7,11,14H,3-5,8-10H2. The fourth-order valence-corrected chi connectivity index (χ4v) is 2.52. The Morgan fingerprint density at radius 1 is 1.27 bits per heavy atom. The quantitative estimate of drug-likeness (QED) is 0.793. The SMILES string of the molecule is c1ccc2c(c1)NCCN2CC1CCC1. The van der Waals surface area contributed by atoms with Gasteiger partial charge in [0.2, 0.25) is 0 Å². The van der Waals surface area contributed by atoms with E-state index in [1.54, 1.807) is 0 Å². The molecule has 2 aliphatic rings. The Morgan fingerprint density at radius 2 is 2.13 bits per heavy atom. The van der Waals surface area contributed by atoms with Gasteiger partial charge in [0, 0.05) is 19.6 Å². The van der Waals surface area contributed by atoms with Gasteiger partial charge in [-0.15, -0.1) is 0 Å². The van der Waals surface area contributed by atoms with Gasteiger partial charge in [0.05, 0.1) is 11.4 Å². The van der Waals surface area contributed by atoms with E-state index < -0.39 is 0 Å². The predicted molar refractivity (Wildman–Crippen MR) is 64.5 cm³/mol. The molecule has 1 fully saturated rings. The first-order chi connectivity index (χ1) is 7.43. The molecule has 0 radical (unpaired) electrons. The average Bonchev–Trinajstić information content (AvgIpc) is 2.23. The van der Waals surface area contributed by atoms with E-state index in [2.05, 4.69) is 34.5 Å². The van der Waals surface area contributed by atoms with Gasteiger partial charge >= 0.3 is 0 Å². The molecule has 0 aromatic heterocycles. The lowest BCUT2D eigenvalue weighted by Crippen LogP contribution is -2.39. The summed E-state index contributed by atoms with van der Waals surface area (Å²) in [5.41, 5.74) is 2.71. The molecule has 0 atom stereocenters. The smallest absolute Gasteiger partial charge is 0.0602 e. The molecule has 1 heterocycles. The predicted octanol–water partition coefficient (Wildman–Crippen LogP) is 2.72. The Bertz CT molecular complexity index is 344. The first-order valence-corrected chi connectivity index (χ1v) is 6.01. The van der Waals surface area contributed by atoms with Gasteiger partial charge in [0.15, 0.2) is 0 Å². The lowest BCUT2D eigenvalue weighted by molar-refractivity contribution is 0.318. The summed E-state index contributed by atoms with van der Waals surface area (Å²) in [5, 5.41) is 3.46. The number of benzene rings is 1. The molecule has 80 valence electrons. The molecule has 0 amide bonds. The molecule has 1 N–H and O–H groups in total. The summed E-state index contributed by atoms with van der Waals surface area (Å²) in [7, 11) is 0. The van der Waals surface area contributed by atoms with Gasteiger partial charge in [-0.05, 0) is 30.9 Å². The molecule has 1 aliphatic carbocycles. The molecule has 15 heavy (non-hydrogen) atoms. The zero-order valence-electron chi connectivity index (χ0n) is 9.08. The van der Waals surface area contributed by atoms with Gasteiger partial charge in [-0.25, -0.2) is 0 Å². The summed E-state index contributed by atoms with van der Waals surface area (Å²) in [6.45, 7) is 3.51. The number of rotatable bonds is 2. The molecule has 1 aromatic carbocycles. The van der Waals surface area contributed by atoms with Crippen LogP contribution in [0.15, 0.2) is 24.3 Å². The molecule has 1 aliphatic heterocycles. The second-order valence-corrected chi connectivity index (χ2v) is 4.69. The van der Waals surface area contributed by atoms with E-state index in [-0.39, 0.29) is 0 Å². The maximum absolute atomic E-state index is 3.46. The van der Waals surface area contributed by atoms with E-state index in [4.69, 9.17) is 0 Å². The van der Waals surface area contributed by atoms with Crippen LogP contribution >= 0.6 is 0 Å². The van der Waals surface area contributed by atoms with Crippen molar-refractivity contribution in [2.24, 2.45) is 5.92 Å². The first-order valence-electron chi connectivity index (χ1n) is 6.01. The Balaban J connectivity index is 1.79. The minimum atomic E-state index is 0.955. The highest BCUT2D eigenvalue weighted by Gasteiger charge is 2.23. The van der Waals surface area contributed by atoms with Crippen molar-refractivity contribution in [1.82, 2.24) is 0 Å². The molecule has 0 spiro atoms. The number of nitrogens with zero attached hydrogens (tertiary/aromatic N) is 1. The van der Waals surface area contributed by atoms with Crippen molar-refractivity contribution < 1.29 is 0 Å². The lowest BCUT2D eigenvalue weighted by atomic mass is 9.85. The summed E-state index contributed by atoms with van der Waals surface area (Å²) in [4.78, 5) is 2.55.